The number of fused-ring (bicyclic) bond motifs is 1. The van der Waals surface area contributed by atoms with Crippen LogP contribution in [-0.2, 0) is 0 Å². The fourth-order valence-electron chi connectivity index (χ4n) is 1.26. The van der Waals surface area contributed by atoms with E-state index in [0.29, 0.717) is 0 Å². The lowest BCUT2D eigenvalue weighted by atomic mass is 10.1. The first-order valence-corrected chi connectivity index (χ1v) is 3.68. The van der Waals surface area contributed by atoms with Crippen LogP contribution < -0.4 is 0 Å². The van der Waals surface area contributed by atoms with Gasteiger partial charge in [0, 0.05) is 11.6 Å². The fourth-order valence-corrected chi connectivity index (χ4v) is 1.26. The zero-order valence-corrected chi connectivity index (χ0v) is 7.64. The van der Waals surface area contributed by atoms with Gasteiger partial charge in [0.2, 0.25) is 0 Å². The van der Waals surface area contributed by atoms with Crippen molar-refractivity contribution in [2.45, 2.75) is 14.4 Å². The molecule has 0 aliphatic heterocycles. The molecular formula is C11H14ClN. The van der Waals surface area contributed by atoms with Gasteiger partial charge in [-0.2, -0.15) is 0 Å². The minimum Gasteiger partial charge on any atom is -0.256 e. The van der Waals surface area contributed by atoms with E-state index in [1.165, 1.54) is 10.9 Å². The number of nitrogens with zero attached hydrogens (tertiary/aromatic N) is 1. The predicted octanol–water partition coefficient (Wildman–Crippen LogP) is 3.60. The van der Waals surface area contributed by atoms with Gasteiger partial charge in [-0.1, -0.05) is 31.7 Å². The van der Waals surface area contributed by atoms with Crippen LogP contribution >= 0.6 is 12.4 Å². The SMILES string of the molecule is C.Cc1cccc2cccnc12.Cl. The third-order valence-corrected chi connectivity index (χ3v) is 1.83. The Kier molecular flexibility index (Phi) is 4.43. The summed E-state index contributed by atoms with van der Waals surface area (Å²) in [5.41, 5.74) is 2.35. The summed E-state index contributed by atoms with van der Waals surface area (Å²) in [6.45, 7) is 2.08. The summed E-state index contributed by atoms with van der Waals surface area (Å²) in [4.78, 5) is 4.28. The van der Waals surface area contributed by atoms with Crippen LogP contribution in [0.5, 0.6) is 0 Å². The number of rotatable bonds is 0. The monoisotopic (exact) mass is 195 g/mol. The van der Waals surface area contributed by atoms with E-state index < -0.39 is 0 Å². The third-order valence-electron chi connectivity index (χ3n) is 1.83. The van der Waals surface area contributed by atoms with E-state index >= 15 is 0 Å². The normalized spacial score (nSPS) is 8.69. The molecule has 0 fully saturated rings. The van der Waals surface area contributed by atoms with Gasteiger partial charge >= 0.3 is 0 Å². The second kappa shape index (κ2) is 4.83. The molecule has 0 N–H and O–H groups in total. The standard InChI is InChI=1S/C10H9N.CH4.ClH/c1-8-4-2-5-9-6-3-7-11-10(8)9;;/h2-7H,1H3;1H4;1H. The Hall–Kier alpha value is -1.08. The first-order valence-electron chi connectivity index (χ1n) is 3.68. The van der Waals surface area contributed by atoms with Crippen molar-refractivity contribution in [1.29, 1.82) is 0 Å². The first-order chi connectivity index (χ1) is 5.38. The van der Waals surface area contributed by atoms with E-state index in [4.69, 9.17) is 0 Å². The van der Waals surface area contributed by atoms with Gasteiger partial charge < -0.3 is 0 Å². The van der Waals surface area contributed by atoms with Crippen molar-refractivity contribution >= 4 is 23.3 Å². The maximum absolute atomic E-state index is 4.28. The molecule has 0 spiro atoms. The summed E-state index contributed by atoms with van der Waals surface area (Å²) in [6.07, 6.45) is 1.83. The molecule has 0 unspecified atom stereocenters. The van der Waals surface area contributed by atoms with Crippen LogP contribution in [0.1, 0.15) is 13.0 Å². The van der Waals surface area contributed by atoms with Crippen molar-refractivity contribution in [3.05, 3.63) is 42.1 Å². The Balaban J connectivity index is 0.000000720. The summed E-state index contributed by atoms with van der Waals surface area (Å²) in [5.74, 6) is 0. The molecule has 13 heavy (non-hydrogen) atoms. The second-order valence-corrected chi connectivity index (χ2v) is 2.65. The van der Waals surface area contributed by atoms with Gasteiger partial charge in [-0.05, 0) is 18.6 Å². The highest BCUT2D eigenvalue weighted by molar-refractivity contribution is 5.85. The quantitative estimate of drug-likeness (QED) is 0.626. The van der Waals surface area contributed by atoms with Gasteiger partial charge in [-0.15, -0.1) is 12.4 Å². The van der Waals surface area contributed by atoms with Gasteiger partial charge in [-0.25, -0.2) is 0 Å². The van der Waals surface area contributed by atoms with Crippen LogP contribution in [0.3, 0.4) is 0 Å². The Morgan fingerprint density at radius 3 is 2.46 bits per heavy atom. The summed E-state index contributed by atoms with van der Waals surface area (Å²) in [6, 6.07) is 10.3. The van der Waals surface area contributed by atoms with Crippen molar-refractivity contribution in [3.63, 3.8) is 0 Å². The average Bonchev–Trinajstić information content (AvgIpc) is 2.06. The third kappa shape index (κ3) is 2.19. The zero-order chi connectivity index (χ0) is 7.68. The fraction of sp³-hybridized carbons (Fsp3) is 0.182. The molecule has 2 rings (SSSR count). The molecule has 2 aromatic rings. The summed E-state index contributed by atoms with van der Waals surface area (Å²) < 4.78 is 0. The first kappa shape index (κ1) is 11.9. The van der Waals surface area contributed by atoms with Crippen LogP contribution in [-0.4, -0.2) is 4.98 Å². The number of aromatic nitrogens is 1. The molecule has 1 aromatic heterocycles. The molecule has 1 nitrogen and oxygen atoms in total. The highest BCUT2D eigenvalue weighted by Crippen LogP contribution is 2.13. The molecule has 0 aliphatic carbocycles. The number of benzene rings is 1. The lowest BCUT2D eigenvalue weighted by Gasteiger charge is -1.97. The smallest absolute Gasteiger partial charge is 0.0731 e. The molecule has 1 heterocycles. The minimum absolute atomic E-state index is 0. The number of aryl methyl sites for hydroxylation is 1. The molecular weight excluding hydrogens is 182 g/mol. The van der Waals surface area contributed by atoms with E-state index in [2.05, 4.69) is 36.2 Å². The zero-order valence-electron chi connectivity index (χ0n) is 6.82. The van der Waals surface area contributed by atoms with E-state index in [9.17, 15) is 0 Å². The molecule has 0 saturated carbocycles. The van der Waals surface area contributed by atoms with Gasteiger partial charge in [0.1, 0.15) is 0 Å². The highest BCUT2D eigenvalue weighted by Gasteiger charge is 1.93. The summed E-state index contributed by atoms with van der Waals surface area (Å²) >= 11 is 0. The van der Waals surface area contributed by atoms with Gasteiger partial charge in [-0.3, -0.25) is 4.98 Å². The molecule has 70 valence electrons. The molecule has 0 amide bonds. The molecule has 1 aromatic carbocycles. The molecule has 0 radical (unpaired) electrons. The van der Waals surface area contributed by atoms with E-state index in [-0.39, 0.29) is 19.8 Å². The summed E-state index contributed by atoms with van der Waals surface area (Å²) in [7, 11) is 0. The molecule has 0 saturated heterocycles. The molecule has 0 atom stereocenters. The van der Waals surface area contributed by atoms with Crippen LogP contribution in [0.2, 0.25) is 0 Å². The minimum atomic E-state index is 0. The van der Waals surface area contributed by atoms with Crippen molar-refractivity contribution in [2.24, 2.45) is 0 Å². The van der Waals surface area contributed by atoms with Gasteiger partial charge in [0.15, 0.2) is 0 Å². The van der Waals surface area contributed by atoms with E-state index in [0.717, 1.165) is 5.52 Å². The van der Waals surface area contributed by atoms with E-state index in [1.807, 2.05) is 12.3 Å². The maximum Gasteiger partial charge on any atom is 0.0731 e. The Morgan fingerprint density at radius 1 is 1.08 bits per heavy atom. The van der Waals surface area contributed by atoms with E-state index in [1.54, 1.807) is 0 Å². The van der Waals surface area contributed by atoms with Crippen molar-refractivity contribution in [2.75, 3.05) is 0 Å². The maximum atomic E-state index is 4.28. The molecule has 2 heteroatoms. The Morgan fingerprint density at radius 2 is 1.77 bits per heavy atom. The number of hydrogen-bond donors (Lipinski definition) is 0. The lowest BCUT2D eigenvalue weighted by Crippen LogP contribution is -1.80. The number of pyridine rings is 1. The average molecular weight is 196 g/mol. The molecule has 0 bridgehead atoms. The predicted molar refractivity (Wildman–Crippen MR) is 60.5 cm³/mol. The van der Waals surface area contributed by atoms with Crippen molar-refractivity contribution in [1.82, 2.24) is 4.98 Å². The number of para-hydroxylation sites is 1. The largest absolute Gasteiger partial charge is 0.256 e. The van der Waals surface area contributed by atoms with Gasteiger partial charge in [0.05, 0.1) is 5.52 Å². The Labute approximate surface area is 85.2 Å². The van der Waals surface area contributed by atoms with Crippen LogP contribution in [0.4, 0.5) is 0 Å². The molecule has 0 aliphatic rings. The van der Waals surface area contributed by atoms with Crippen molar-refractivity contribution < 1.29 is 0 Å². The number of hydrogen-bond acceptors (Lipinski definition) is 1. The van der Waals surface area contributed by atoms with Crippen LogP contribution in [0.15, 0.2) is 36.5 Å². The highest BCUT2D eigenvalue weighted by atomic mass is 35.5. The Bertz CT molecular complexity index is 379. The van der Waals surface area contributed by atoms with Gasteiger partial charge in [0.25, 0.3) is 0 Å². The van der Waals surface area contributed by atoms with Crippen LogP contribution in [0.25, 0.3) is 10.9 Å². The number of halogens is 1. The summed E-state index contributed by atoms with van der Waals surface area (Å²) in [5, 5.41) is 1.22. The van der Waals surface area contributed by atoms with Crippen molar-refractivity contribution in [3.8, 4) is 0 Å². The van der Waals surface area contributed by atoms with Crippen LogP contribution in [0, 0.1) is 6.92 Å². The topological polar surface area (TPSA) is 12.9 Å². The lowest BCUT2D eigenvalue weighted by molar-refractivity contribution is 1.37. The second-order valence-electron chi connectivity index (χ2n) is 2.65.